The van der Waals surface area contributed by atoms with E-state index in [2.05, 4.69) is 15.6 Å². The van der Waals surface area contributed by atoms with Gasteiger partial charge in [-0.1, -0.05) is 29.3 Å². The highest BCUT2D eigenvalue weighted by atomic mass is 35.5. The molecule has 98 valence electrons. The maximum atomic E-state index is 6.04. The van der Waals surface area contributed by atoms with Crippen LogP contribution in [0.3, 0.4) is 0 Å². The van der Waals surface area contributed by atoms with Crippen LogP contribution in [0.5, 0.6) is 0 Å². The molecule has 1 aromatic heterocycles. The molecule has 0 radical (unpaired) electrons. The normalized spacial score (nSPS) is 10.0. The summed E-state index contributed by atoms with van der Waals surface area (Å²) < 4.78 is 0. The van der Waals surface area contributed by atoms with Crippen molar-refractivity contribution in [2.45, 2.75) is 6.54 Å². The van der Waals surface area contributed by atoms with Crippen molar-refractivity contribution in [2.24, 2.45) is 0 Å². The van der Waals surface area contributed by atoms with Gasteiger partial charge in [0.15, 0.2) is 5.11 Å². The molecule has 19 heavy (non-hydrogen) atoms. The van der Waals surface area contributed by atoms with Crippen molar-refractivity contribution in [2.75, 3.05) is 5.32 Å². The molecule has 0 spiro atoms. The van der Waals surface area contributed by atoms with Crippen LogP contribution >= 0.6 is 35.4 Å². The van der Waals surface area contributed by atoms with Crippen LogP contribution in [0.15, 0.2) is 42.7 Å². The Bertz CT molecular complexity index is 575. The number of rotatable bonds is 3. The van der Waals surface area contributed by atoms with E-state index in [1.165, 1.54) is 0 Å². The molecule has 0 fully saturated rings. The Hall–Kier alpha value is -1.36. The number of nitrogens with zero attached hydrogens (tertiary/aromatic N) is 1. The lowest BCUT2D eigenvalue weighted by molar-refractivity contribution is 0.916. The lowest BCUT2D eigenvalue weighted by atomic mass is 10.3. The van der Waals surface area contributed by atoms with Gasteiger partial charge >= 0.3 is 0 Å². The van der Waals surface area contributed by atoms with E-state index in [-0.39, 0.29) is 0 Å². The monoisotopic (exact) mass is 311 g/mol. The van der Waals surface area contributed by atoms with Crippen LogP contribution in [0.4, 0.5) is 5.69 Å². The minimum absolute atomic E-state index is 0.480. The molecule has 3 nitrogen and oxygen atoms in total. The smallest absolute Gasteiger partial charge is 0.171 e. The largest absolute Gasteiger partial charge is 0.358 e. The summed E-state index contributed by atoms with van der Waals surface area (Å²) in [5.41, 5.74) is 1.72. The van der Waals surface area contributed by atoms with E-state index >= 15 is 0 Å². The van der Waals surface area contributed by atoms with Crippen LogP contribution in [-0.4, -0.2) is 10.1 Å². The lowest BCUT2D eigenvalue weighted by Gasteiger charge is -2.11. The van der Waals surface area contributed by atoms with Gasteiger partial charge in [-0.25, -0.2) is 0 Å². The molecule has 0 aliphatic carbocycles. The summed E-state index contributed by atoms with van der Waals surface area (Å²) in [5.74, 6) is 0. The Morgan fingerprint density at radius 3 is 2.84 bits per heavy atom. The predicted octanol–water partition coefficient (Wildman–Crippen LogP) is 3.88. The number of pyridine rings is 1. The summed E-state index contributed by atoms with van der Waals surface area (Å²) in [7, 11) is 0. The molecule has 0 amide bonds. The van der Waals surface area contributed by atoms with Crippen LogP contribution in [0.1, 0.15) is 5.56 Å². The van der Waals surface area contributed by atoms with Gasteiger partial charge in [-0.05, 0) is 42.0 Å². The minimum atomic E-state index is 0.480. The predicted molar refractivity (Wildman–Crippen MR) is 83.8 cm³/mol. The third-order valence-corrected chi connectivity index (χ3v) is 3.16. The SMILES string of the molecule is S=C(NCc1cccnc1)Nc1cc(Cl)ccc1Cl. The third-order valence-electron chi connectivity index (χ3n) is 2.35. The van der Waals surface area contributed by atoms with Gasteiger partial charge in [0.2, 0.25) is 0 Å². The number of nitrogens with one attached hydrogen (secondary N) is 2. The molecule has 2 aromatic rings. The molecule has 0 aliphatic heterocycles. The number of aromatic nitrogens is 1. The summed E-state index contributed by atoms with van der Waals surface area (Å²) in [4.78, 5) is 4.03. The average molecular weight is 312 g/mol. The molecule has 0 atom stereocenters. The Labute approximate surface area is 127 Å². The van der Waals surface area contributed by atoms with E-state index in [1.807, 2.05) is 12.1 Å². The first-order chi connectivity index (χ1) is 9.15. The average Bonchev–Trinajstić information content (AvgIpc) is 2.42. The highest BCUT2D eigenvalue weighted by Crippen LogP contribution is 2.25. The summed E-state index contributed by atoms with van der Waals surface area (Å²) in [6.07, 6.45) is 3.51. The van der Waals surface area contributed by atoms with Gasteiger partial charge < -0.3 is 10.6 Å². The quantitative estimate of drug-likeness (QED) is 0.844. The number of hydrogen-bond acceptors (Lipinski definition) is 2. The van der Waals surface area contributed by atoms with Crippen molar-refractivity contribution in [1.82, 2.24) is 10.3 Å². The number of anilines is 1. The maximum Gasteiger partial charge on any atom is 0.171 e. The number of hydrogen-bond donors (Lipinski definition) is 2. The van der Waals surface area contributed by atoms with Crippen LogP contribution < -0.4 is 10.6 Å². The zero-order valence-electron chi connectivity index (χ0n) is 9.86. The van der Waals surface area contributed by atoms with Crippen LogP contribution in [0.25, 0.3) is 0 Å². The maximum absolute atomic E-state index is 6.04. The second-order valence-corrected chi connectivity index (χ2v) is 5.05. The summed E-state index contributed by atoms with van der Waals surface area (Å²) in [6.45, 7) is 0.595. The molecule has 0 bridgehead atoms. The van der Waals surface area contributed by atoms with Crippen LogP contribution in [0, 0.1) is 0 Å². The third kappa shape index (κ3) is 4.35. The van der Waals surface area contributed by atoms with E-state index in [0.717, 1.165) is 5.56 Å². The van der Waals surface area contributed by atoms with Crippen LogP contribution in [0.2, 0.25) is 10.0 Å². The molecule has 6 heteroatoms. The molecule has 1 aromatic carbocycles. The Kier molecular flexibility index (Phi) is 4.96. The summed E-state index contributed by atoms with van der Waals surface area (Å²) >= 11 is 17.1. The lowest BCUT2D eigenvalue weighted by Crippen LogP contribution is -2.28. The number of benzene rings is 1. The second-order valence-electron chi connectivity index (χ2n) is 3.79. The molecule has 2 N–H and O–H groups in total. The van der Waals surface area contributed by atoms with Crippen molar-refractivity contribution >= 4 is 46.2 Å². The van der Waals surface area contributed by atoms with Gasteiger partial charge in [0.25, 0.3) is 0 Å². The van der Waals surface area contributed by atoms with E-state index in [0.29, 0.717) is 27.4 Å². The van der Waals surface area contributed by atoms with Crippen molar-refractivity contribution in [1.29, 1.82) is 0 Å². The van der Waals surface area contributed by atoms with E-state index < -0.39 is 0 Å². The molecule has 0 unspecified atom stereocenters. The Balaban J connectivity index is 1.93. The zero-order chi connectivity index (χ0) is 13.7. The van der Waals surface area contributed by atoms with Gasteiger partial charge in [0.1, 0.15) is 0 Å². The van der Waals surface area contributed by atoms with Crippen molar-refractivity contribution in [3.8, 4) is 0 Å². The Morgan fingerprint density at radius 2 is 2.11 bits per heavy atom. The molecule has 0 saturated heterocycles. The standard InChI is InChI=1S/C13H11Cl2N3S/c14-10-3-4-11(15)12(6-10)18-13(19)17-8-9-2-1-5-16-7-9/h1-7H,8H2,(H2,17,18,19). The van der Waals surface area contributed by atoms with Gasteiger partial charge in [0, 0.05) is 24.0 Å². The van der Waals surface area contributed by atoms with E-state index in [1.54, 1.807) is 30.6 Å². The topological polar surface area (TPSA) is 37.0 Å². The molecule has 2 rings (SSSR count). The first-order valence-corrected chi connectivity index (χ1v) is 6.70. The van der Waals surface area contributed by atoms with Crippen molar-refractivity contribution in [3.05, 3.63) is 58.3 Å². The van der Waals surface area contributed by atoms with E-state index in [9.17, 15) is 0 Å². The first-order valence-electron chi connectivity index (χ1n) is 5.54. The highest BCUT2D eigenvalue weighted by molar-refractivity contribution is 7.80. The molecule has 1 heterocycles. The van der Waals surface area contributed by atoms with Crippen LogP contribution in [-0.2, 0) is 6.54 Å². The molecule has 0 aliphatic rings. The molecular formula is C13H11Cl2N3S. The van der Waals surface area contributed by atoms with Crippen molar-refractivity contribution in [3.63, 3.8) is 0 Å². The second kappa shape index (κ2) is 6.70. The first kappa shape index (κ1) is 14.1. The zero-order valence-corrected chi connectivity index (χ0v) is 12.2. The van der Waals surface area contributed by atoms with Crippen molar-refractivity contribution < 1.29 is 0 Å². The highest BCUT2D eigenvalue weighted by Gasteiger charge is 2.03. The van der Waals surface area contributed by atoms with Gasteiger partial charge in [-0.15, -0.1) is 0 Å². The van der Waals surface area contributed by atoms with Gasteiger partial charge in [-0.3, -0.25) is 4.98 Å². The fraction of sp³-hybridized carbons (Fsp3) is 0.0769. The minimum Gasteiger partial charge on any atom is -0.358 e. The molecule has 0 saturated carbocycles. The summed E-state index contributed by atoms with van der Waals surface area (Å²) in [5, 5.41) is 7.72. The molecular weight excluding hydrogens is 301 g/mol. The Morgan fingerprint density at radius 1 is 1.26 bits per heavy atom. The summed E-state index contributed by atoms with van der Waals surface area (Å²) in [6, 6.07) is 9.01. The number of thiocarbonyl (C=S) groups is 1. The van der Waals surface area contributed by atoms with E-state index in [4.69, 9.17) is 35.4 Å². The van der Waals surface area contributed by atoms with Gasteiger partial charge in [-0.2, -0.15) is 0 Å². The fourth-order valence-corrected chi connectivity index (χ4v) is 1.96. The number of halogens is 2. The van der Waals surface area contributed by atoms with Gasteiger partial charge in [0.05, 0.1) is 10.7 Å². The fourth-order valence-electron chi connectivity index (χ4n) is 1.44.